The zero-order valence-electron chi connectivity index (χ0n) is 13.2. The molecule has 2 N–H and O–H groups in total. The van der Waals surface area contributed by atoms with Crippen molar-refractivity contribution in [3.8, 4) is 0 Å². The van der Waals surface area contributed by atoms with E-state index in [2.05, 4.69) is 5.32 Å². The van der Waals surface area contributed by atoms with Crippen molar-refractivity contribution in [3.63, 3.8) is 0 Å². The van der Waals surface area contributed by atoms with E-state index in [1.54, 1.807) is 20.8 Å². The van der Waals surface area contributed by atoms with E-state index >= 15 is 0 Å². The van der Waals surface area contributed by atoms with E-state index in [1.807, 2.05) is 5.32 Å². The van der Waals surface area contributed by atoms with Crippen LogP contribution in [0.2, 0.25) is 0 Å². The van der Waals surface area contributed by atoms with Crippen LogP contribution in [-0.4, -0.2) is 30.7 Å². The number of hydrogen-bond acceptors (Lipinski definition) is 3. The summed E-state index contributed by atoms with van der Waals surface area (Å²) in [5.74, 6) is -5.25. The zero-order valence-corrected chi connectivity index (χ0v) is 13.2. The number of carbonyl (C=O) groups is 1. The van der Waals surface area contributed by atoms with Crippen LogP contribution in [0.3, 0.4) is 0 Å². The van der Waals surface area contributed by atoms with Crippen LogP contribution in [0.4, 0.5) is 22.4 Å². The maximum absolute atomic E-state index is 13.6. The molecule has 130 valence electrons. The number of carbonyl (C=O) groups excluding carboxylic acids is 1. The van der Waals surface area contributed by atoms with Crippen LogP contribution < -0.4 is 10.6 Å². The third kappa shape index (κ3) is 7.83. The maximum Gasteiger partial charge on any atom is 0.407 e. The maximum atomic E-state index is 13.6. The number of ether oxygens (including phenoxy) is 1. The van der Waals surface area contributed by atoms with Crippen LogP contribution in [0, 0.1) is 11.6 Å². The largest absolute Gasteiger partial charge is 0.444 e. The Hall–Kier alpha value is -1.83. The molecule has 0 spiro atoms. The molecule has 0 aliphatic heterocycles. The lowest BCUT2D eigenvalue weighted by Gasteiger charge is -2.22. The fourth-order valence-corrected chi connectivity index (χ4v) is 1.62. The Kier molecular flexibility index (Phi) is 6.37. The Morgan fingerprint density at radius 3 is 2.35 bits per heavy atom. The topological polar surface area (TPSA) is 50.4 Å². The standard InChI is InChI=1S/C15H20F4N2O2/c1-14(2,3)23-13(22)21-9-15(18,19)8-20-7-10-4-5-11(16)12(17)6-10/h4-6,20H,7-9H2,1-3H3,(H,21,22). The second-order valence-corrected chi connectivity index (χ2v) is 6.06. The first-order valence-corrected chi connectivity index (χ1v) is 6.98. The third-order valence-electron chi connectivity index (χ3n) is 2.59. The molecule has 0 saturated carbocycles. The van der Waals surface area contributed by atoms with Gasteiger partial charge in [0, 0.05) is 6.54 Å². The first kappa shape index (κ1) is 19.2. The SMILES string of the molecule is CC(C)(C)OC(=O)NCC(F)(F)CNCc1ccc(F)c(F)c1. The van der Waals surface area contributed by atoms with Crippen LogP contribution in [0.15, 0.2) is 18.2 Å². The molecular weight excluding hydrogens is 316 g/mol. The Bertz CT molecular complexity index is 545. The lowest BCUT2D eigenvalue weighted by molar-refractivity contribution is -0.00376. The predicted octanol–water partition coefficient (Wildman–Crippen LogP) is 3.21. The molecule has 1 rings (SSSR count). The molecule has 1 aromatic rings. The number of rotatable bonds is 6. The average Bonchev–Trinajstić information content (AvgIpc) is 2.39. The molecule has 0 aromatic heterocycles. The number of hydrogen-bond donors (Lipinski definition) is 2. The van der Waals surface area contributed by atoms with Crippen molar-refractivity contribution >= 4 is 6.09 Å². The first-order valence-electron chi connectivity index (χ1n) is 6.98. The van der Waals surface area contributed by atoms with E-state index in [-0.39, 0.29) is 6.54 Å². The highest BCUT2D eigenvalue weighted by Crippen LogP contribution is 2.13. The van der Waals surface area contributed by atoms with Gasteiger partial charge in [0.05, 0.1) is 13.1 Å². The van der Waals surface area contributed by atoms with Gasteiger partial charge in [0.1, 0.15) is 5.60 Å². The minimum absolute atomic E-state index is 0.0563. The van der Waals surface area contributed by atoms with Gasteiger partial charge in [-0.05, 0) is 38.5 Å². The molecule has 0 fully saturated rings. The van der Waals surface area contributed by atoms with E-state index in [9.17, 15) is 22.4 Å². The monoisotopic (exact) mass is 336 g/mol. The van der Waals surface area contributed by atoms with Gasteiger partial charge in [0.25, 0.3) is 5.92 Å². The highest BCUT2D eigenvalue weighted by Gasteiger charge is 2.30. The molecule has 23 heavy (non-hydrogen) atoms. The lowest BCUT2D eigenvalue weighted by Crippen LogP contribution is -2.44. The van der Waals surface area contributed by atoms with E-state index in [1.165, 1.54) is 6.07 Å². The molecule has 1 amide bonds. The Labute approximate surface area is 132 Å². The molecule has 0 aliphatic carbocycles. The number of alkyl carbamates (subject to hydrolysis) is 1. The zero-order chi connectivity index (χ0) is 17.7. The number of benzene rings is 1. The summed E-state index contributed by atoms with van der Waals surface area (Å²) in [5.41, 5.74) is -0.440. The second kappa shape index (κ2) is 7.63. The van der Waals surface area contributed by atoms with Crippen molar-refractivity contribution in [2.45, 2.75) is 38.8 Å². The van der Waals surface area contributed by atoms with E-state index in [0.29, 0.717) is 5.56 Å². The van der Waals surface area contributed by atoms with Gasteiger partial charge in [0.15, 0.2) is 11.6 Å². The molecule has 0 unspecified atom stereocenters. The summed E-state index contributed by atoms with van der Waals surface area (Å²) in [5, 5.41) is 4.41. The molecule has 0 bridgehead atoms. The summed E-state index contributed by atoms with van der Waals surface area (Å²) in [6.45, 7) is 3.17. The van der Waals surface area contributed by atoms with Crippen LogP contribution in [-0.2, 0) is 11.3 Å². The molecule has 0 aliphatic rings. The van der Waals surface area contributed by atoms with Gasteiger partial charge < -0.3 is 15.4 Å². The van der Waals surface area contributed by atoms with Gasteiger partial charge in [-0.15, -0.1) is 0 Å². The number of nitrogens with one attached hydrogen (secondary N) is 2. The van der Waals surface area contributed by atoms with Crippen molar-refractivity contribution in [1.82, 2.24) is 10.6 Å². The average molecular weight is 336 g/mol. The lowest BCUT2D eigenvalue weighted by atomic mass is 10.2. The highest BCUT2D eigenvalue weighted by molar-refractivity contribution is 5.67. The van der Waals surface area contributed by atoms with Crippen molar-refractivity contribution in [1.29, 1.82) is 0 Å². The van der Waals surface area contributed by atoms with Crippen molar-refractivity contribution in [2.24, 2.45) is 0 Å². The molecule has 0 heterocycles. The number of amides is 1. The van der Waals surface area contributed by atoms with E-state index in [0.717, 1.165) is 12.1 Å². The number of halogens is 4. The number of alkyl halides is 2. The van der Waals surface area contributed by atoms with Gasteiger partial charge >= 0.3 is 6.09 Å². The quantitative estimate of drug-likeness (QED) is 0.785. The van der Waals surface area contributed by atoms with E-state index in [4.69, 9.17) is 4.74 Å². The smallest absolute Gasteiger partial charge is 0.407 e. The van der Waals surface area contributed by atoms with Gasteiger partial charge in [-0.1, -0.05) is 6.07 Å². The van der Waals surface area contributed by atoms with Crippen molar-refractivity contribution < 1.29 is 27.1 Å². The third-order valence-corrected chi connectivity index (χ3v) is 2.59. The molecule has 0 saturated heterocycles. The minimum Gasteiger partial charge on any atom is -0.444 e. The minimum atomic E-state index is -3.21. The molecule has 1 aromatic carbocycles. The Morgan fingerprint density at radius 2 is 1.78 bits per heavy atom. The molecule has 0 radical (unpaired) electrons. The van der Waals surface area contributed by atoms with Crippen LogP contribution >= 0.6 is 0 Å². The van der Waals surface area contributed by atoms with Crippen molar-refractivity contribution in [3.05, 3.63) is 35.4 Å². The van der Waals surface area contributed by atoms with Crippen LogP contribution in [0.5, 0.6) is 0 Å². The summed E-state index contributed by atoms with van der Waals surface area (Å²) in [6.07, 6.45) is -0.933. The van der Waals surface area contributed by atoms with Gasteiger partial charge in [-0.2, -0.15) is 0 Å². The van der Waals surface area contributed by atoms with Gasteiger partial charge in [0.2, 0.25) is 0 Å². The van der Waals surface area contributed by atoms with Crippen LogP contribution in [0.25, 0.3) is 0 Å². The molecular formula is C15H20F4N2O2. The summed E-state index contributed by atoms with van der Waals surface area (Å²) in [7, 11) is 0. The van der Waals surface area contributed by atoms with Crippen molar-refractivity contribution in [2.75, 3.05) is 13.1 Å². The second-order valence-electron chi connectivity index (χ2n) is 6.06. The Morgan fingerprint density at radius 1 is 1.13 bits per heavy atom. The summed E-state index contributed by atoms with van der Waals surface area (Å²) < 4.78 is 57.8. The molecule has 4 nitrogen and oxygen atoms in total. The van der Waals surface area contributed by atoms with E-state index < -0.39 is 42.3 Å². The van der Waals surface area contributed by atoms with Gasteiger partial charge in [-0.25, -0.2) is 22.4 Å². The molecule has 8 heteroatoms. The van der Waals surface area contributed by atoms with Crippen LogP contribution in [0.1, 0.15) is 26.3 Å². The first-order chi connectivity index (χ1) is 10.5. The highest BCUT2D eigenvalue weighted by atomic mass is 19.3. The fourth-order valence-electron chi connectivity index (χ4n) is 1.62. The fraction of sp³-hybridized carbons (Fsp3) is 0.533. The molecule has 0 atom stereocenters. The summed E-state index contributed by atoms with van der Waals surface area (Å²) in [4.78, 5) is 11.3. The van der Waals surface area contributed by atoms with Gasteiger partial charge in [-0.3, -0.25) is 0 Å². The summed E-state index contributed by atoms with van der Waals surface area (Å²) in [6, 6.07) is 3.15. The summed E-state index contributed by atoms with van der Waals surface area (Å²) >= 11 is 0. The normalized spacial score (nSPS) is 12.1. The Balaban J connectivity index is 2.37. The predicted molar refractivity (Wildman–Crippen MR) is 77.2 cm³/mol.